The van der Waals surface area contributed by atoms with Crippen molar-refractivity contribution in [1.29, 1.82) is 0 Å². The second-order valence-corrected chi connectivity index (χ2v) is 6.16. The number of nitrogens with zero attached hydrogens (tertiary/aromatic N) is 3. The highest BCUT2D eigenvalue weighted by Crippen LogP contribution is 2.11. The van der Waals surface area contributed by atoms with Crippen molar-refractivity contribution >= 4 is 0 Å². The van der Waals surface area contributed by atoms with E-state index in [1.54, 1.807) is 0 Å². The summed E-state index contributed by atoms with van der Waals surface area (Å²) < 4.78 is 0. The minimum atomic E-state index is 0.578. The lowest BCUT2D eigenvalue weighted by molar-refractivity contribution is 0.0763. The van der Waals surface area contributed by atoms with E-state index >= 15 is 0 Å². The summed E-state index contributed by atoms with van der Waals surface area (Å²) >= 11 is 0. The van der Waals surface area contributed by atoms with E-state index in [9.17, 15) is 0 Å². The molecule has 0 bridgehead atoms. The molecular weight excluding hydrogens is 264 g/mol. The molecule has 0 aromatic carbocycles. The summed E-state index contributed by atoms with van der Waals surface area (Å²) in [6.07, 6.45) is 3.25. The minimum absolute atomic E-state index is 0.578. The van der Waals surface area contributed by atoms with Crippen LogP contribution in [0.4, 0.5) is 0 Å². The van der Waals surface area contributed by atoms with Crippen molar-refractivity contribution in [3.63, 3.8) is 0 Å². The molecule has 21 heavy (non-hydrogen) atoms. The van der Waals surface area contributed by atoms with E-state index < -0.39 is 0 Å². The summed E-state index contributed by atoms with van der Waals surface area (Å²) in [6.45, 7) is 10.3. The lowest BCUT2D eigenvalue weighted by Crippen LogP contribution is -2.53. The Morgan fingerprint density at radius 2 is 1.62 bits per heavy atom. The van der Waals surface area contributed by atoms with E-state index in [2.05, 4.69) is 21.7 Å². The van der Waals surface area contributed by atoms with Crippen LogP contribution in [0, 0.1) is 0 Å². The Morgan fingerprint density at radius 3 is 2.19 bits per heavy atom. The predicted octanol–water partition coefficient (Wildman–Crippen LogP) is -1.05. The van der Waals surface area contributed by atoms with E-state index in [1.165, 1.54) is 0 Å². The summed E-state index contributed by atoms with van der Waals surface area (Å²) in [5.41, 5.74) is 17.0. The van der Waals surface area contributed by atoms with E-state index in [1.807, 2.05) is 0 Å². The van der Waals surface area contributed by atoms with Crippen molar-refractivity contribution in [1.82, 2.24) is 14.7 Å². The van der Waals surface area contributed by atoms with E-state index in [4.69, 9.17) is 17.2 Å². The number of likely N-dealkylation sites (N-methyl/N-ethyl adjacent to an activating group) is 1. The van der Waals surface area contributed by atoms with E-state index in [-0.39, 0.29) is 0 Å². The third-order valence-corrected chi connectivity index (χ3v) is 4.37. The molecule has 1 fully saturated rings. The molecule has 126 valence electrons. The average molecular weight is 300 g/mol. The van der Waals surface area contributed by atoms with Crippen LogP contribution in [-0.4, -0.2) is 93.2 Å². The molecule has 0 saturated carbocycles. The summed E-state index contributed by atoms with van der Waals surface area (Å²) in [4.78, 5) is 7.54. The van der Waals surface area contributed by atoms with Crippen molar-refractivity contribution in [3.8, 4) is 0 Å². The van der Waals surface area contributed by atoms with Gasteiger partial charge < -0.3 is 27.0 Å². The highest BCUT2D eigenvalue weighted by molar-refractivity contribution is 4.81. The predicted molar refractivity (Wildman–Crippen MR) is 90.3 cm³/mol. The van der Waals surface area contributed by atoms with Gasteiger partial charge in [-0.15, -0.1) is 0 Å². The highest BCUT2D eigenvalue weighted by Gasteiger charge is 2.23. The Hall–Kier alpha value is -0.240. The van der Waals surface area contributed by atoms with Crippen molar-refractivity contribution < 1.29 is 0 Å². The van der Waals surface area contributed by atoms with Gasteiger partial charge in [0.15, 0.2) is 0 Å². The molecule has 0 aliphatic carbocycles. The molecule has 1 saturated heterocycles. The Morgan fingerprint density at radius 1 is 0.952 bits per heavy atom. The number of hydrogen-bond donors (Lipinski definition) is 3. The van der Waals surface area contributed by atoms with Crippen molar-refractivity contribution in [2.75, 3.05) is 72.5 Å². The molecule has 6 heteroatoms. The van der Waals surface area contributed by atoms with Crippen LogP contribution in [-0.2, 0) is 0 Å². The molecule has 1 atom stereocenters. The number of hydrogen-bond acceptors (Lipinski definition) is 6. The van der Waals surface area contributed by atoms with Gasteiger partial charge in [-0.25, -0.2) is 0 Å². The lowest BCUT2D eigenvalue weighted by Gasteiger charge is -2.40. The minimum Gasteiger partial charge on any atom is -0.330 e. The zero-order valence-electron chi connectivity index (χ0n) is 13.8. The maximum Gasteiger partial charge on any atom is 0.0236 e. The summed E-state index contributed by atoms with van der Waals surface area (Å²) in [6, 6.07) is 0.578. The van der Waals surface area contributed by atoms with Crippen LogP contribution in [0.15, 0.2) is 0 Å². The fourth-order valence-electron chi connectivity index (χ4n) is 3.06. The van der Waals surface area contributed by atoms with Crippen LogP contribution in [0.25, 0.3) is 0 Å². The fourth-order valence-corrected chi connectivity index (χ4v) is 3.06. The molecule has 0 aromatic rings. The van der Waals surface area contributed by atoms with Gasteiger partial charge in [0, 0.05) is 38.8 Å². The van der Waals surface area contributed by atoms with Gasteiger partial charge in [-0.1, -0.05) is 0 Å². The van der Waals surface area contributed by atoms with Crippen LogP contribution in [0.2, 0.25) is 0 Å². The van der Waals surface area contributed by atoms with Crippen molar-refractivity contribution in [2.45, 2.75) is 25.3 Å². The second-order valence-electron chi connectivity index (χ2n) is 6.16. The van der Waals surface area contributed by atoms with E-state index in [0.29, 0.717) is 6.04 Å². The van der Waals surface area contributed by atoms with E-state index in [0.717, 1.165) is 84.7 Å². The Kier molecular flexibility index (Phi) is 10.2. The summed E-state index contributed by atoms with van der Waals surface area (Å²) in [5.74, 6) is 0. The van der Waals surface area contributed by atoms with Gasteiger partial charge in [-0.2, -0.15) is 0 Å². The van der Waals surface area contributed by atoms with Gasteiger partial charge in [0.25, 0.3) is 0 Å². The standard InChI is InChI=1S/C15H36N6/c1-19(8-2-5-16)14-15(4-7-18)21-12-10-20(11-13-21)9-3-6-17/h15H,2-14,16-18H2,1H3. The first-order valence-electron chi connectivity index (χ1n) is 8.46. The van der Waals surface area contributed by atoms with Gasteiger partial charge in [0.2, 0.25) is 0 Å². The maximum absolute atomic E-state index is 5.82. The molecule has 6 N–H and O–H groups in total. The largest absolute Gasteiger partial charge is 0.330 e. The van der Waals surface area contributed by atoms with Crippen LogP contribution in [0.1, 0.15) is 19.3 Å². The van der Waals surface area contributed by atoms with Crippen LogP contribution >= 0.6 is 0 Å². The first-order chi connectivity index (χ1) is 10.2. The lowest BCUT2D eigenvalue weighted by atomic mass is 10.1. The second kappa shape index (κ2) is 11.3. The zero-order chi connectivity index (χ0) is 15.5. The van der Waals surface area contributed by atoms with Crippen molar-refractivity contribution in [3.05, 3.63) is 0 Å². The quantitative estimate of drug-likeness (QED) is 0.451. The highest BCUT2D eigenvalue weighted by atomic mass is 15.3. The Bertz CT molecular complexity index is 242. The Labute approximate surface area is 130 Å². The van der Waals surface area contributed by atoms with Crippen LogP contribution < -0.4 is 17.2 Å². The first-order valence-corrected chi connectivity index (χ1v) is 8.46. The molecule has 0 spiro atoms. The fraction of sp³-hybridized carbons (Fsp3) is 1.00. The van der Waals surface area contributed by atoms with Gasteiger partial charge in [0.05, 0.1) is 0 Å². The summed E-state index contributed by atoms with van der Waals surface area (Å²) in [7, 11) is 2.19. The molecule has 6 nitrogen and oxygen atoms in total. The molecule has 1 aliphatic rings. The molecule has 1 rings (SSSR count). The smallest absolute Gasteiger partial charge is 0.0236 e. The normalized spacial score (nSPS) is 19.3. The number of nitrogens with two attached hydrogens (primary N) is 3. The van der Waals surface area contributed by atoms with Gasteiger partial charge in [-0.05, 0) is 59.0 Å². The Balaban J connectivity index is 2.35. The number of piperazine rings is 1. The van der Waals surface area contributed by atoms with Gasteiger partial charge >= 0.3 is 0 Å². The average Bonchev–Trinajstić information content (AvgIpc) is 2.51. The molecule has 1 unspecified atom stereocenters. The van der Waals surface area contributed by atoms with Crippen LogP contribution in [0.3, 0.4) is 0 Å². The monoisotopic (exact) mass is 300 g/mol. The number of rotatable bonds is 11. The molecule has 0 aromatic heterocycles. The topological polar surface area (TPSA) is 87.8 Å². The SMILES string of the molecule is CN(CCCN)CC(CCN)N1CCN(CCCN)CC1. The van der Waals surface area contributed by atoms with Gasteiger partial charge in [-0.3, -0.25) is 4.90 Å². The summed E-state index contributed by atoms with van der Waals surface area (Å²) in [5, 5.41) is 0. The third-order valence-electron chi connectivity index (χ3n) is 4.37. The van der Waals surface area contributed by atoms with Crippen molar-refractivity contribution in [2.24, 2.45) is 17.2 Å². The third kappa shape index (κ3) is 7.54. The van der Waals surface area contributed by atoms with Crippen LogP contribution in [0.5, 0.6) is 0 Å². The molecule has 1 heterocycles. The zero-order valence-corrected chi connectivity index (χ0v) is 13.8. The molecule has 1 aliphatic heterocycles. The molecule has 0 radical (unpaired) electrons. The molecular formula is C15H36N6. The van der Waals surface area contributed by atoms with Gasteiger partial charge in [0.1, 0.15) is 0 Å². The maximum atomic E-state index is 5.82. The first kappa shape index (κ1) is 18.8. The molecule has 0 amide bonds.